The van der Waals surface area contributed by atoms with Gasteiger partial charge in [0.25, 0.3) is 0 Å². The normalized spacial score (nSPS) is 36.4. The van der Waals surface area contributed by atoms with E-state index in [9.17, 15) is 0 Å². The second-order valence-corrected chi connectivity index (χ2v) is 5.11. The summed E-state index contributed by atoms with van der Waals surface area (Å²) >= 11 is 0. The quantitative estimate of drug-likeness (QED) is 0.723. The zero-order valence-corrected chi connectivity index (χ0v) is 9.63. The van der Waals surface area contributed by atoms with Crippen molar-refractivity contribution in [3.05, 3.63) is 0 Å². The first-order valence-electron chi connectivity index (χ1n) is 6.26. The van der Waals surface area contributed by atoms with Gasteiger partial charge in [0.15, 0.2) is 0 Å². The van der Waals surface area contributed by atoms with Gasteiger partial charge in [0.1, 0.15) is 0 Å². The van der Waals surface area contributed by atoms with Crippen LogP contribution in [0.5, 0.6) is 0 Å². The van der Waals surface area contributed by atoms with Crippen molar-refractivity contribution >= 4 is 0 Å². The molecule has 0 aromatic heterocycles. The van der Waals surface area contributed by atoms with Gasteiger partial charge < -0.3 is 5.32 Å². The van der Waals surface area contributed by atoms with Crippen LogP contribution < -0.4 is 5.32 Å². The molecule has 2 heterocycles. The minimum absolute atomic E-state index is 0.840. The summed E-state index contributed by atoms with van der Waals surface area (Å²) in [7, 11) is 0. The second kappa shape index (κ2) is 4.63. The molecule has 0 aliphatic carbocycles. The molecule has 1 N–H and O–H groups in total. The molecule has 2 saturated heterocycles. The third-order valence-electron chi connectivity index (χ3n) is 4.12. The van der Waals surface area contributed by atoms with Crippen LogP contribution >= 0.6 is 0 Å². The van der Waals surface area contributed by atoms with Gasteiger partial charge in [0.05, 0.1) is 0 Å². The molecular weight excluding hydrogens is 172 g/mol. The molecule has 0 unspecified atom stereocenters. The summed E-state index contributed by atoms with van der Waals surface area (Å²) in [5.41, 5.74) is 0. The van der Waals surface area contributed by atoms with Crippen LogP contribution in [0.1, 0.15) is 33.1 Å². The summed E-state index contributed by atoms with van der Waals surface area (Å²) in [5.74, 6) is 1.86. The molecule has 82 valence electrons. The fourth-order valence-electron chi connectivity index (χ4n) is 2.92. The van der Waals surface area contributed by atoms with Crippen molar-refractivity contribution < 1.29 is 0 Å². The molecule has 2 nitrogen and oxygen atoms in total. The summed E-state index contributed by atoms with van der Waals surface area (Å²) in [4.78, 5) is 2.73. The van der Waals surface area contributed by atoms with E-state index in [0.29, 0.717) is 0 Å². The smallest absolute Gasteiger partial charge is 0.0260 e. The number of nitrogens with one attached hydrogen (secondary N) is 1. The number of rotatable bonds is 2. The van der Waals surface area contributed by atoms with Gasteiger partial charge in [-0.1, -0.05) is 20.3 Å². The first kappa shape index (κ1) is 10.4. The summed E-state index contributed by atoms with van der Waals surface area (Å²) < 4.78 is 0. The Kier molecular flexibility index (Phi) is 3.45. The maximum Gasteiger partial charge on any atom is 0.0260 e. The van der Waals surface area contributed by atoms with Gasteiger partial charge in [-0.3, -0.25) is 4.90 Å². The lowest BCUT2D eigenvalue weighted by Crippen LogP contribution is -2.45. The SMILES string of the molecule is CC[C@H]1CNC[C@@H]1N1CCC(C)CC1. The van der Waals surface area contributed by atoms with Gasteiger partial charge in [-0.15, -0.1) is 0 Å². The highest BCUT2D eigenvalue weighted by molar-refractivity contribution is 4.89. The fourth-order valence-corrected chi connectivity index (χ4v) is 2.92. The molecule has 0 aromatic rings. The van der Waals surface area contributed by atoms with Crippen molar-refractivity contribution in [2.24, 2.45) is 11.8 Å². The molecule has 2 heteroatoms. The van der Waals surface area contributed by atoms with Gasteiger partial charge in [0.2, 0.25) is 0 Å². The fraction of sp³-hybridized carbons (Fsp3) is 1.00. The summed E-state index contributed by atoms with van der Waals surface area (Å²) in [6.07, 6.45) is 4.16. The molecule has 14 heavy (non-hydrogen) atoms. The van der Waals surface area contributed by atoms with E-state index in [1.165, 1.54) is 45.4 Å². The molecule has 0 saturated carbocycles. The molecule has 2 aliphatic heterocycles. The summed E-state index contributed by atoms with van der Waals surface area (Å²) in [6.45, 7) is 9.87. The Balaban J connectivity index is 1.88. The minimum atomic E-state index is 0.840. The third-order valence-corrected chi connectivity index (χ3v) is 4.12. The van der Waals surface area contributed by atoms with Crippen LogP contribution in [0.4, 0.5) is 0 Å². The van der Waals surface area contributed by atoms with Crippen LogP contribution in [0.3, 0.4) is 0 Å². The average molecular weight is 196 g/mol. The Hall–Kier alpha value is -0.0800. The van der Waals surface area contributed by atoms with Crippen LogP contribution in [0.2, 0.25) is 0 Å². The maximum atomic E-state index is 3.54. The molecule has 0 bridgehead atoms. The largest absolute Gasteiger partial charge is 0.315 e. The molecule has 0 radical (unpaired) electrons. The Bertz CT molecular complexity index is 173. The van der Waals surface area contributed by atoms with Crippen LogP contribution in [0.15, 0.2) is 0 Å². The number of nitrogens with zero attached hydrogens (tertiary/aromatic N) is 1. The predicted molar refractivity (Wildman–Crippen MR) is 60.4 cm³/mol. The Morgan fingerprint density at radius 3 is 2.57 bits per heavy atom. The maximum absolute atomic E-state index is 3.54. The van der Waals surface area contributed by atoms with E-state index < -0.39 is 0 Å². The molecule has 0 spiro atoms. The first-order valence-corrected chi connectivity index (χ1v) is 6.26. The first-order chi connectivity index (χ1) is 6.81. The van der Waals surface area contributed by atoms with Crippen molar-refractivity contribution in [1.29, 1.82) is 0 Å². The van der Waals surface area contributed by atoms with Crippen LogP contribution in [-0.2, 0) is 0 Å². The Morgan fingerprint density at radius 2 is 1.93 bits per heavy atom. The molecule has 0 amide bonds. The van der Waals surface area contributed by atoms with Gasteiger partial charge in [-0.2, -0.15) is 0 Å². The van der Waals surface area contributed by atoms with E-state index >= 15 is 0 Å². The molecule has 0 aromatic carbocycles. The summed E-state index contributed by atoms with van der Waals surface area (Å²) in [5, 5.41) is 3.54. The van der Waals surface area contributed by atoms with Crippen molar-refractivity contribution in [2.75, 3.05) is 26.2 Å². The molecular formula is C12H24N2. The average Bonchev–Trinajstić information content (AvgIpc) is 2.67. The van der Waals surface area contributed by atoms with E-state index in [2.05, 4.69) is 24.1 Å². The van der Waals surface area contributed by atoms with E-state index in [1.807, 2.05) is 0 Å². The Labute approximate surface area is 88.1 Å². The van der Waals surface area contributed by atoms with Crippen molar-refractivity contribution in [2.45, 2.75) is 39.2 Å². The lowest BCUT2D eigenvalue weighted by molar-refractivity contribution is 0.120. The number of hydrogen-bond donors (Lipinski definition) is 1. The highest BCUT2D eigenvalue weighted by atomic mass is 15.2. The molecule has 2 atom stereocenters. The highest BCUT2D eigenvalue weighted by Gasteiger charge is 2.32. The number of piperidine rings is 1. The molecule has 2 aliphatic rings. The van der Waals surface area contributed by atoms with Gasteiger partial charge >= 0.3 is 0 Å². The van der Waals surface area contributed by atoms with E-state index in [1.54, 1.807) is 0 Å². The lowest BCUT2D eigenvalue weighted by atomic mass is 9.93. The van der Waals surface area contributed by atoms with Crippen molar-refractivity contribution in [3.63, 3.8) is 0 Å². The molecule has 2 rings (SSSR count). The monoisotopic (exact) mass is 196 g/mol. The van der Waals surface area contributed by atoms with Crippen LogP contribution in [0.25, 0.3) is 0 Å². The number of hydrogen-bond acceptors (Lipinski definition) is 2. The standard InChI is InChI=1S/C12H24N2/c1-3-11-8-13-9-12(11)14-6-4-10(2)5-7-14/h10-13H,3-9H2,1-2H3/t11-,12-/m0/s1. The third kappa shape index (κ3) is 2.12. The van der Waals surface area contributed by atoms with Gasteiger partial charge in [-0.05, 0) is 44.3 Å². The van der Waals surface area contributed by atoms with Gasteiger partial charge in [-0.25, -0.2) is 0 Å². The zero-order valence-electron chi connectivity index (χ0n) is 9.63. The van der Waals surface area contributed by atoms with E-state index in [4.69, 9.17) is 0 Å². The summed E-state index contributed by atoms with van der Waals surface area (Å²) in [6, 6.07) is 0.840. The Morgan fingerprint density at radius 1 is 1.21 bits per heavy atom. The van der Waals surface area contributed by atoms with E-state index in [-0.39, 0.29) is 0 Å². The second-order valence-electron chi connectivity index (χ2n) is 5.11. The van der Waals surface area contributed by atoms with Crippen molar-refractivity contribution in [3.8, 4) is 0 Å². The van der Waals surface area contributed by atoms with Gasteiger partial charge in [0, 0.05) is 12.6 Å². The minimum Gasteiger partial charge on any atom is -0.315 e. The van der Waals surface area contributed by atoms with Crippen LogP contribution in [-0.4, -0.2) is 37.1 Å². The topological polar surface area (TPSA) is 15.3 Å². The number of likely N-dealkylation sites (tertiary alicyclic amines) is 1. The predicted octanol–water partition coefficient (Wildman–Crippen LogP) is 1.72. The zero-order chi connectivity index (χ0) is 9.97. The van der Waals surface area contributed by atoms with Crippen LogP contribution in [0, 0.1) is 11.8 Å². The highest BCUT2D eigenvalue weighted by Crippen LogP contribution is 2.24. The lowest BCUT2D eigenvalue weighted by Gasteiger charge is -2.37. The molecule has 2 fully saturated rings. The van der Waals surface area contributed by atoms with Crippen molar-refractivity contribution in [1.82, 2.24) is 10.2 Å². The van der Waals surface area contributed by atoms with E-state index in [0.717, 1.165) is 17.9 Å².